The molecule has 0 bridgehead atoms. The number of anilines is 1. The predicted molar refractivity (Wildman–Crippen MR) is 77.1 cm³/mol. The van der Waals surface area contributed by atoms with Gasteiger partial charge in [0.05, 0.1) is 32.4 Å². The van der Waals surface area contributed by atoms with Gasteiger partial charge in [-0.2, -0.15) is 0 Å². The maximum atomic E-state index is 12.2. The van der Waals surface area contributed by atoms with E-state index in [1.165, 1.54) is 26.4 Å². The largest absolute Gasteiger partial charge is 0.493 e. The number of carbonyl (C=O) groups is 1. The van der Waals surface area contributed by atoms with Crippen molar-refractivity contribution in [1.29, 1.82) is 0 Å². The van der Waals surface area contributed by atoms with Gasteiger partial charge in [-0.05, 0) is 12.0 Å². The molecule has 0 aromatic heterocycles. The van der Waals surface area contributed by atoms with Crippen molar-refractivity contribution in [3.63, 3.8) is 0 Å². The number of aliphatic hydroxyl groups is 1. The van der Waals surface area contributed by atoms with Gasteiger partial charge in [-0.15, -0.1) is 0 Å². The van der Waals surface area contributed by atoms with Crippen LogP contribution in [0.3, 0.4) is 0 Å². The molecule has 1 unspecified atom stereocenters. The fourth-order valence-corrected chi connectivity index (χ4v) is 1.76. The van der Waals surface area contributed by atoms with Gasteiger partial charge in [0, 0.05) is 11.8 Å². The van der Waals surface area contributed by atoms with Gasteiger partial charge < -0.3 is 25.6 Å². The summed E-state index contributed by atoms with van der Waals surface area (Å²) in [5, 5.41) is 12.0. The second-order valence-corrected chi connectivity index (χ2v) is 4.80. The number of nitrogens with two attached hydrogens (primary N) is 1. The summed E-state index contributed by atoms with van der Waals surface area (Å²) in [6.45, 7) is 3.70. The minimum Gasteiger partial charge on any atom is -0.493 e. The molecule has 4 N–H and O–H groups in total. The van der Waals surface area contributed by atoms with E-state index in [0.717, 1.165) is 0 Å². The number of rotatable bonds is 6. The van der Waals surface area contributed by atoms with Gasteiger partial charge in [-0.3, -0.25) is 4.79 Å². The van der Waals surface area contributed by atoms with Gasteiger partial charge in [0.2, 0.25) is 0 Å². The van der Waals surface area contributed by atoms with Crippen LogP contribution < -0.4 is 20.5 Å². The van der Waals surface area contributed by atoms with E-state index >= 15 is 0 Å². The van der Waals surface area contributed by atoms with Crippen LogP contribution in [0.1, 0.15) is 24.2 Å². The Hall–Kier alpha value is -1.95. The van der Waals surface area contributed by atoms with Crippen molar-refractivity contribution < 1.29 is 19.4 Å². The van der Waals surface area contributed by atoms with Crippen molar-refractivity contribution in [2.45, 2.75) is 19.9 Å². The van der Waals surface area contributed by atoms with E-state index in [-0.39, 0.29) is 24.5 Å². The quantitative estimate of drug-likeness (QED) is 0.678. The lowest BCUT2D eigenvalue weighted by Gasteiger charge is -2.20. The summed E-state index contributed by atoms with van der Waals surface area (Å²) in [6.07, 6.45) is 0. The maximum absolute atomic E-state index is 12.2. The Balaban J connectivity index is 3.04. The van der Waals surface area contributed by atoms with Gasteiger partial charge >= 0.3 is 0 Å². The molecule has 1 rings (SSSR count). The number of aliphatic hydroxyl groups excluding tert-OH is 1. The van der Waals surface area contributed by atoms with Crippen LogP contribution in [-0.4, -0.2) is 37.9 Å². The first-order valence-corrected chi connectivity index (χ1v) is 6.37. The number of amides is 1. The molecule has 0 saturated heterocycles. The molecule has 6 heteroatoms. The molecule has 0 radical (unpaired) electrons. The zero-order valence-corrected chi connectivity index (χ0v) is 12.3. The number of carbonyl (C=O) groups excluding carboxylic acids is 1. The summed E-state index contributed by atoms with van der Waals surface area (Å²) in [5.74, 6) is 0.655. The number of hydrogen-bond donors (Lipinski definition) is 3. The molecule has 0 heterocycles. The fraction of sp³-hybridized carbons (Fsp3) is 0.500. The number of nitrogen functional groups attached to an aromatic ring is 1. The summed E-state index contributed by atoms with van der Waals surface area (Å²) in [7, 11) is 2.98. The van der Waals surface area contributed by atoms with E-state index < -0.39 is 0 Å². The van der Waals surface area contributed by atoms with E-state index in [1.807, 2.05) is 13.8 Å². The van der Waals surface area contributed by atoms with Gasteiger partial charge in [0.25, 0.3) is 5.91 Å². The second-order valence-electron chi connectivity index (χ2n) is 4.80. The SMILES string of the molecule is COc1cc(N)c(C(=O)NC(CO)C(C)C)cc1OC. The average Bonchev–Trinajstić information content (AvgIpc) is 2.43. The number of benzene rings is 1. The predicted octanol–water partition coefficient (Wildman–Crippen LogP) is 1.03. The molecule has 0 fully saturated rings. The highest BCUT2D eigenvalue weighted by molar-refractivity contribution is 6.00. The van der Waals surface area contributed by atoms with Crippen molar-refractivity contribution in [1.82, 2.24) is 5.32 Å². The molecule has 1 aromatic rings. The number of methoxy groups -OCH3 is 2. The van der Waals surface area contributed by atoms with E-state index in [0.29, 0.717) is 22.7 Å². The minimum absolute atomic E-state index is 0.116. The first-order chi connectivity index (χ1) is 9.44. The number of ether oxygens (including phenoxy) is 2. The highest BCUT2D eigenvalue weighted by atomic mass is 16.5. The summed E-state index contributed by atoms with van der Waals surface area (Å²) >= 11 is 0. The Morgan fingerprint density at radius 1 is 1.30 bits per heavy atom. The molecule has 1 amide bonds. The number of hydrogen-bond acceptors (Lipinski definition) is 5. The standard InChI is InChI=1S/C14H22N2O4/c1-8(2)11(7-17)16-14(18)9-5-12(19-3)13(20-4)6-10(9)15/h5-6,8,11,17H,7,15H2,1-4H3,(H,16,18). The molecule has 6 nitrogen and oxygen atoms in total. The van der Waals surface area contributed by atoms with Crippen LogP contribution in [0, 0.1) is 5.92 Å². The summed E-state index contributed by atoms with van der Waals surface area (Å²) < 4.78 is 10.3. The van der Waals surface area contributed by atoms with Crippen molar-refractivity contribution >= 4 is 11.6 Å². The Labute approximate surface area is 118 Å². The van der Waals surface area contributed by atoms with Crippen molar-refractivity contribution in [3.05, 3.63) is 17.7 Å². The van der Waals surface area contributed by atoms with Crippen LogP contribution in [0.5, 0.6) is 11.5 Å². The molecular weight excluding hydrogens is 260 g/mol. The van der Waals surface area contributed by atoms with Crippen LogP contribution in [0.4, 0.5) is 5.69 Å². The van der Waals surface area contributed by atoms with Crippen LogP contribution in [0.2, 0.25) is 0 Å². The van der Waals surface area contributed by atoms with E-state index in [9.17, 15) is 9.90 Å². The molecule has 0 spiro atoms. The van der Waals surface area contributed by atoms with E-state index in [1.54, 1.807) is 0 Å². The van der Waals surface area contributed by atoms with Crippen molar-refractivity contribution in [2.75, 3.05) is 26.6 Å². The molecule has 0 aliphatic rings. The van der Waals surface area contributed by atoms with Gasteiger partial charge in [-0.1, -0.05) is 13.8 Å². The third kappa shape index (κ3) is 3.54. The zero-order chi connectivity index (χ0) is 15.3. The van der Waals surface area contributed by atoms with Gasteiger partial charge in [-0.25, -0.2) is 0 Å². The lowest BCUT2D eigenvalue weighted by Crippen LogP contribution is -2.41. The van der Waals surface area contributed by atoms with Crippen LogP contribution >= 0.6 is 0 Å². The van der Waals surface area contributed by atoms with Gasteiger partial charge in [0.15, 0.2) is 11.5 Å². The second kappa shape index (κ2) is 7.00. The maximum Gasteiger partial charge on any atom is 0.253 e. The highest BCUT2D eigenvalue weighted by Crippen LogP contribution is 2.31. The molecule has 112 valence electrons. The molecular formula is C14H22N2O4. The molecule has 1 aromatic carbocycles. The van der Waals surface area contributed by atoms with Crippen LogP contribution in [0.15, 0.2) is 12.1 Å². The van der Waals surface area contributed by atoms with Crippen molar-refractivity contribution in [2.24, 2.45) is 5.92 Å². The van der Waals surface area contributed by atoms with Crippen LogP contribution in [-0.2, 0) is 0 Å². The Morgan fingerprint density at radius 3 is 2.30 bits per heavy atom. The highest BCUT2D eigenvalue weighted by Gasteiger charge is 2.20. The summed E-state index contributed by atoms with van der Waals surface area (Å²) in [5.41, 5.74) is 6.44. The van der Waals surface area contributed by atoms with Crippen molar-refractivity contribution in [3.8, 4) is 11.5 Å². The average molecular weight is 282 g/mol. The zero-order valence-electron chi connectivity index (χ0n) is 12.3. The van der Waals surface area contributed by atoms with Crippen LogP contribution in [0.25, 0.3) is 0 Å². The summed E-state index contributed by atoms with van der Waals surface area (Å²) in [6, 6.07) is 2.74. The lowest BCUT2D eigenvalue weighted by atomic mass is 10.0. The minimum atomic E-state index is -0.351. The third-order valence-electron chi connectivity index (χ3n) is 3.12. The molecule has 20 heavy (non-hydrogen) atoms. The summed E-state index contributed by atoms with van der Waals surface area (Å²) in [4.78, 5) is 12.2. The third-order valence-corrected chi connectivity index (χ3v) is 3.12. The lowest BCUT2D eigenvalue weighted by molar-refractivity contribution is 0.0897. The Bertz CT molecular complexity index is 474. The number of nitrogens with one attached hydrogen (secondary N) is 1. The fourth-order valence-electron chi connectivity index (χ4n) is 1.76. The Morgan fingerprint density at radius 2 is 1.85 bits per heavy atom. The normalized spacial score (nSPS) is 12.1. The monoisotopic (exact) mass is 282 g/mol. The first-order valence-electron chi connectivity index (χ1n) is 6.37. The van der Waals surface area contributed by atoms with E-state index in [4.69, 9.17) is 15.2 Å². The first kappa shape index (κ1) is 16.1. The molecule has 1 atom stereocenters. The van der Waals surface area contributed by atoms with Gasteiger partial charge in [0.1, 0.15) is 0 Å². The van der Waals surface area contributed by atoms with E-state index in [2.05, 4.69) is 5.32 Å². The molecule has 0 aliphatic carbocycles. The topological polar surface area (TPSA) is 93.8 Å². The smallest absolute Gasteiger partial charge is 0.253 e. The Kier molecular flexibility index (Phi) is 5.64. The molecule has 0 saturated carbocycles. The molecule has 0 aliphatic heterocycles.